The Hall–Kier alpha value is -3.74. The normalized spacial score (nSPS) is 11.2. The Morgan fingerprint density at radius 1 is 0.938 bits per heavy atom. The molecule has 2 aromatic heterocycles. The summed E-state index contributed by atoms with van der Waals surface area (Å²) in [7, 11) is 3.08. The maximum Gasteiger partial charge on any atom is 0.339 e. The highest BCUT2D eigenvalue weighted by Crippen LogP contribution is 2.32. The summed E-state index contributed by atoms with van der Waals surface area (Å²) in [6, 6.07) is 8.89. The van der Waals surface area contributed by atoms with Gasteiger partial charge < -0.3 is 23.6 Å². The third-order valence-electron chi connectivity index (χ3n) is 5.87. The van der Waals surface area contributed by atoms with Gasteiger partial charge in [0.25, 0.3) is 0 Å². The summed E-state index contributed by atoms with van der Waals surface area (Å²) in [6.07, 6.45) is 0.383. The number of methoxy groups -OCH3 is 2. The summed E-state index contributed by atoms with van der Waals surface area (Å²) >= 11 is 0. The fourth-order valence-electron chi connectivity index (χ4n) is 3.87. The van der Waals surface area contributed by atoms with Crippen molar-refractivity contribution in [1.82, 2.24) is 0 Å². The molecule has 0 aliphatic heterocycles. The summed E-state index contributed by atoms with van der Waals surface area (Å²) < 4.78 is 21.8. The minimum atomic E-state index is -0.441. The zero-order chi connectivity index (χ0) is 23.0. The summed E-state index contributed by atoms with van der Waals surface area (Å²) in [6.45, 7) is 5.79. The van der Waals surface area contributed by atoms with Gasteiger partial charge in [0.15, 0.2) is 0 Å². The van der Waals surface area contributed by atoms with Crippen molar-refractivity contribution < 1.29 is 23.1 Å². The van der Waals surface area contributed by atoms with Gasteiger partial charge in [0.1, 0.15) is 28.4 Å². The molecule has 4 aromatic rings. The zero-order valence-corrected chi connectivity index (χ0v) is 18.8. The predicted molar refractivity (Wildman–Crippen MR) is 123 cm³/mol. The van der Waals surface area contributed by atoms with E-state index in [1.165, 1.54) is 7.11 Å². The molecule has 0 aliphatic rings. The molecule has 0 radical (unpaired) electrons. The molecule has 4 rings (SSSR count). The van der Waals surface area contributed by atoms with Crippen LogP contribution in [0.2, 0.25) is 0 Å². The van der Waals surface area contributed by atoms with Crippen molar-refractivity contribution in [3.8, 4) is 11.5 Å². The van der Waals surface area contributed by atoms with E-state index in [1.807, 2.05) is 26.8 Å². The van der Waals surface area contributed by atoms with Gasteiger partial charge in [-0.2, -0.15) is 0 Å². The molecule has 0 spiro atoms. The molecule has 1 amide bonds. The number of benzene rings is 2. The van der Waals surface area contributed by atoms with Crippen LogP contribution in [-0.4, -0.2) is 20.1 Å². The van der Waals surface area contributed by atoms with E-state index in [-0.39, 0.29) is 18.7 Å². The largest absolute Gasteiger partial charge is 0.497 e. The highest BCUT2D eigenvalue weighted by molar-refractivity contribution is 5.97. The van der Waals surface area contributed by atoms with Gasteiger partial charge in [-0.25, -0.2) is 4.79 Å². The molecule has 0 bridgehead atoms. The van der Waals surface area contributed by atoms with Crippen molar-refractivity contribution in [2.75, 3.05) is 19.5 Å². The molecule has 0 saturated carbocycles. The Bertz CT molecular complexity index is 1400. The van der Waals surface area contributed by atoms with Gasteiger partial charge in [-0.3, -0.25) is 4.79 Å². The lowest BCUT2D eigenvalue weighted by molar-refractivity contribution is -0.116. The Morgan fingerprint density at radius 2 is 1.66 bits per heavy atom. The number of rotatable bonds is 6. The maximum absolute atomic E-state index is 12.6. The Balaban J connectivity index is 1.59. The van der Waals surface area contributed by atoms with E-state index in [1.54, 1.807) is 31.4 Å². The van der Waals surface area contributed by atoms with Gasteiger partial charge in [0, 0.05) is 34.9 Å². The quantitative estimate of drug-likeness (QED) is 0.426. The van der Waals surface area contributed by atoms with Crippen molar-refractivity contribution in [2.45, 2.75) is 33.6 Å². The van der Waals surface area contributed by atoms with Crippen LogP contribution in [0.4, 0.5) is 5.69 Å². The van der Waals surface area contributed by atoms with Gasteiger partial charge in [-0.05, 0) is 56.5 Å². The summed E-state index contributed by atoms with van der Waals surface area (Å²) in [4.78, 5) is 25.2. The van der Waals surface area contributed by atoms with Gasteiger partial charge in [0.05, 0.1) is 19.9 Å². The second kappa shape index (κ2) is 8.42. The van der Waals surface area contributed by atoms with Gasteiger partial charge in [-0.1, -0.05) is 0 Å². The van der Waals surface area contributed by atoms with E-state index in [2.05, 4.69) is 5.32 Å². The molecule has 2 aromatic carbocycles. The third-order valence-corrected chi connectivity index (χ3v) is 5.87. The number of ether oxygens (including phenoxy) is 2. The molecule has 32 heavy (non-hydrogen) atoms. The van der Waals surface area contributed by atoms with Gasteiger partial charge in [0.2, 0.25) is 5.91 Å². The van der Waals surface area contributed by atoms with Crippen molar-refractivity contribution >= 4 is 33.5 Å². The number of hydrogen-bond donors (Lipinski definition) is 1. The Kier molecular flexibility index (Phi) is 5.65. The monoisotopic (exact) mass is 435 g/mol. The molecular weight excluding hydrogens is 410 g/mol. The lowest BCUT2D eigenvalue weighted by Crippen LogP contribution is -2.17. The molecule has 0 atom stereocenters. The summed E-state index contributed by atoms with van der Waals surface area (Å²) in [5.41, 5.74) is 3.62. The standard InChI is InChI=1S/C25H25NO6/c1-13-15(3)31-21-12-22-19(11-18(13)21)14(2)17(25(28)32-22)7-9-24(27)26-20-8-6-16(29-4)10-23(20)30-5/h6,8,10-12H,7,9H2,1-5H3,(H,26,27). The molecule has 1 N–H and O–H groups in total. The van der Waals surface area contributed by atoms with Gasteiger partial charge >= 0.3 is 5.63 Å². The molecule has 166 valence electrons. The van der Waals surface area contributed by atoms with Crippen molar-refractivity contribution in [2.24, 2.45) is 0 Å². The van der Waals surface area contributed by atoms with Crippen LogP contribution in [0, 0.1) is 20.8 Å². The number of aryl methyl sites for hydroxylation is 3. The van der Waals surface area contributed by atoms with Crippen LogP contribution in [0.1, 0.15) is 28.9 Å². The van der Waals surface area contributed by atoms with Crippen LogP contribution in [0.15, 0.2) is 44.0 Å². The molecule has 0 unspecified atom stereocenters. The third kappa shape index (κ3) is 3.82. The van der Waals surface area contributed by atoms with Gasteiger partial charge in [-0.15, -0.1) is 0 Å². The van der Waals surface area contributed by atoms with Crippen molar-refractivity contribution in [3.63, 3.8) is 0 Å². The molecule has 2 heterocycles. The number of anilines is 1. The van der Waals surface area contributed by atoms with E-state index >= 15 is 0 Å². The molecule has 0 fully saturated rings. The predicted octanol–water partition coefficient (Wildman–Crippen LogP) is 5.05. The minimum absolute atomic E-state index is 0.123. The highest BCUT2D eigenvalue weighted by atomic mass is 16.5. The van der Waals surface area contributed by atoms with E-state index in [0.29, 0.717) is 33.9 Å². The first-order valence-electron chi connectivity index (χ1n) is 10.3. The smallest absolute Gasteiger partial charge is 0.339 e. The van der Waals surface area contributed by atoms with Crippen LogP contribution in [0.3, 0.4) is 0 Å². The number of hydrogen-bond acceptors (Lipinski definition) is 6. The lowest BCUT2D eigenvalue weighted by Gasteiger charge is -2.12. The fraction of sp³-hybridized carbons (Fsp3) is 0.280. The summed E-state index contributed by atoms with van der Waals surface area (Å²) in [5, 5.41) is 4.66. The molecule has 7 nitrogen and oxygen atoms in total. The van der Waals surface area contributed by atoms with E-state index < -0.39 is 5.63 Å². The first-order valence-corrected chi connectivity index (χ1v) is 10.3. The number of amides is 1. The minimum Gasteiger partial charge on any atom is -0.497 e. The van der Waals surface area contributed by atoms with Crippen LogP contribution >= 0.6 is 0 Å². The number of carbonyl (C=O) groups is 1. The van der Waals surface area contributed by atoms with Crippen LogP contribution in [0.5, 0.6) is 11.5 Å². The first-order chi connectivity index (χ1) is 15.3. The average molecular weight is 435 g/mol. The topological polar surface area (TPSA) is 90.9 Å². The van der Waals surface area contributed by atoms with Crippen LogP contribution in [-0.2, 0) is 11.2 Å². The van der Waals surface area contributed by atoms with Crippen molar-refractivity contribution in [1.29, 1.82) is 0 Å². The van der Waals surface area contributed by atoms with Crippen LogP contribution < -0.4 is 20.4 Å². The lowest BCUT2D eigenvalue weighted by atomic mass is 10.0. The highest BCUT2D eigenvalue weighted by Gasteiger charge is 2.17. The second-order valence-corrected chi connectivity index (χ2v) is 7.74. The van der Waals surface area contributed by atoms with E-state index in [4.69, 9.17) is 18.3 Å². The molecular formula is C25H25NO6. The maximum atomic E-state index is 12.6. The number of carbonyl (C=O) groups excluding carboxylic acids is 1. The number of fused-ring (bicyclic) bond motifs is 2. The van der Waals surface area contributed by atoms with Crippen molar-refractivity contribution in [3.05, 3.63) is 63.2 Å². The molecule has 0 saturated heterocycles. The SMILES string of the molecule is COc1ccc(NC(=O)CCc2c(C)c3cc4c(C)c(C)oc4cc3oc2=O)c(OC)c1. The molecule has 0 aliphatic carbocycles. The first kappa shape index (κ1) is 21.5. The van der Waals surface area contributed by atoms with Crippen LogP contribution in [0.25, 0.3) is 21.9 Å². The number of furan rings is 1. The number of nitrogens with one attached hydrogen (secondary N) is 1. The average Bonchev–Trinajstić information content (AvgIpc) is 3.05. The summed E-state index contributed by atoms with van der Waals surface area (Å²) in [5.74, 6) is 1.72. The second-order valence-electron chi connectivity index (χ2n) is 7.74. The Labute approximate surface area is 184 Å². The van der Waals surface area contributed by atoms with E-state index in [9.17, 15) is 9.59 Å². The fourth-order valence-corrected chi connectivity index (χ4v) is 3.87. The molecule has 7 heteroatoms. The zero-order valence-electron chi connectivity index (χ0n) is 18.8. The van der Waals surface area contributed by atoms with E-state index in [0.717, 1.165) is 27.7 Å². The Morgan fingerprint density at radius 3 is 2.38 bits per heavy atom.